The van der Waals surface area contributed by atoms with Gasteiger partial charge in [-0.25, -0.2) is 8.42 Å². The third kappa shape index (κ3) is 8.52. The quantitative estimate of drug-likeness (QED) is 0.265. The number of sulfonamides is 1. The molecule has 0 heterocycles. The molecule has 0 aromatic heterocycles. The van der Waals surface area contributed by atoms with Crippen LogP contribution >= 0.6 is 46.4 Å². The van der Waals surface area contributed by atoms with Crippen molar-refractivity contribution >= 4 is 73.9 Å². The summed E-state index contributed by atoms with van der Waals surface area (Å²) in [4.78, 5) is 28.5. The molecule has 0 bridgehead atoms. The van der Waals surface area contributed by atoms with Crippen LogP contribution in [0.3, 0.4) is 0 Å². The van der Waals surface area contributed by atoms with Gasteiger partial charge < -0.3 is 10.2 Å². The molecule has 7 nitrogen and oxygen atoms in total. The molecule has 12 heteroatoms. The van der Waals surface area contributed by atoms with Gasteiger partial charge in [0.15, 0.2) is 0 Å². The molecule has 3 rings (SSSR count). The highest BCUT2D eigenvalue weighted by Crippen LogP contribution is 2.31. The van der Waals surface area contributed by atoms with Crippen molar-refractivity contribution in [2.45, 2.75) is 57.6 Å². The standard InChI is InChI=1S/C29H31Cl4N3O4S/c1-18-6-11-23(12-7-18)41(39,40)36(22-10-13-24(31)26(33)15-22)17-27(37)35(19(2)28(38)34-29(3,4)5)16-20-8-9-21(30)14-25(20)32/h6-15,19H,16-17H2,1-5H3,(H,34,38)/t19-/m0/s1. The van der Waals surface area contributed by atoms with Gasteiger partial charge in [-0.05, 0) is 82.6 Å². The van der Waals surface area contributed by atoms with Crippen LogP contribution in [0, 0.1) is 6.92 Å². The third-order valence-corrected chi connectivity index (χ3v) is 9.21. The van der Waals surface area contributed by atoms with Crippen molar-refractivity contribution < 1.29 is 18.0 Å². The van der Waals surface area contributed by atoms with Crippen molar-refractivity contribution in [3.05, 3.63) is 91.9 Å². The predicted octanol–water partition coefficient (Wildman–Crippen LogP) is 7.14. The van der Waals surface area contributed by atoms with Crippen molar-refractivity contribution in [2.75, 3.05) is 10.8 Å². The zero-order valence-corrected chi connectivity index (χ0v) is 27.1. The SMILES string of the molecule is Cc1ccc(S(=O)(=O)N(CC(=O)N(Cc2ccc(Cl)cc2Cl)[C@@H](C)C(=O)NC(C)(C)C)c2ccc(Cl)c(Cl)c2)cc1. The monoisotopic (exact) mass is 657 g/mol. The molecular formula is C29H31Cl4N3O4S. The molecular weight excluding hydrogens is 628 g/mol. The number of rotatable bonds is 9. The third-order valence-electron chi connectivity index (χ3n) is 6.10. The smallest absolute Gasteiger partial charge is 0.264 e. The molecule has 0 aliphatic heterocycles. The van der Waals surface area contributed by atoms with Crippen LogP contribution in [0.1, 0.15) is 38.8 Å². The minimum atomic E-state index is -4.25. The summed E-state index contributed by atoms with van der Waals surface area (Å²) in [6.07, 6.45) is 0. The average Bonchev–Trinajstić information content (AvgIpc) is 2.87. The highest BCUT2D eigenvalue weighted by Gasteiger charge is 2.34. The van der Waals surface area contributed by atoms with Crippen molar-refractivity contribution in [3.8, 4) is 0 Å². The molecule has 0 unspecified atom stereocenters. The fraction of sp³-hybridized carbons (Fsp3) is 0.310. The van der Waals surface area contributed by atoms with E-state index < -0.39 is 40.0 Å². The molecule has 3 aromatic carbocycles. The van der Waals surface area contributed by atoms with Crippen LogP contribution in [-0.4, -0.2) is 43.3 Å². The topological polar surface area (TPSA) is 86.8 Å². The second kappa shape index (κ2) is 13.2. The lowest BCUT2D eigenvalue weighted by Crippen LogP contribution is -2.54. The van der Waals surface area contributed by atoms with Crippen LogP contribution in [0.5, 0.6) is 0 Å². The van der Waals surface area contributed by atoms with E-state index in [2.05, 4.69) is 5.32 Å². The Labute approximate surface area is 261 Å². The second-order valence-electron chi connectivity index (χ2n) is 10.6. The molecule has 0 fully saturated rings. The van der Waals surface area contributed by atoms with E-state index in [0.717, 1.165) is 9.87 Å². The van der Waals surface area contributed by atoms with Crippen molar-refractivity contribution in [1.82, 2.24) is 10.2 Å². The number of benzene rings is 3. The predicted molar refractivity (Wildman–Crippen MR) is 167 cm³/mol. The average molecular weight is 659 g/mol. The summed E-state index contributed by atoms with van der Waals surface area (Å²) in [7, 11) is -4.25. The van der Waals surface area contributed by atoms with Crippen LogP contribution < -0.4 is 9.62 Å². The van der Waals surface area contributed by atoms with E-state index in [1.165, 1.54) is 41.3 Å². The summed E-state index contributed by atoms with van der Waals surface area (Å²) >= 11 is 24.8. The van der Waals surface area contributed by atoms with Gasteiger partial charge in [0.2, 0.25) is 11.8 Å². The van der Waals surface area contributed by atoms with Crippen molar-refractivity contribution in [3.63, 3.8) is 0 Å². The Bertz CT molecular complexity index is 1540. The lowest BCUT2D eigenvalue weighted by Gasteiger charge is -2.33. The first kappa shape index (κ1) is 33.0. The van der Waals surface area contributed by atoms with Crippen molar-refractivity contribution in [2.24, 2.45) is 0 Å². The van der Waals surface area contributed by atoms with Gasteiger partial charge in [-0.1, -0.05) is 70.2 Å². The summed E-state index contributed by atoms with van der Waals surface area (Å²) < 4.78 is 28.8. The van der Waals surface area contributed by atoms with E-state index in [4.69, 9.17) is 46.4 Å². The number of halogens is 4. The fourth-order valence-electron chi connectivity index (χ4n) is 3.90. The van der Waals surface area contributed by atoms with Gasteiger partial charge in [-0.15, -0.1) is 0 Å². The maximum Gasteiger partial charge on any atom is 0.264 e. The van der Waals surface area contributed by atoms with Gasteiger partial charge in [0.05, 0.1) is 20.6 Å². The first-order valence-electron chi connectivity index (χ1n) is 12.6. The van der Waals surface area contributed by atoms with Crippen LogP contribution in [0.25, 0.3) is 0 Å². The number of anilines is 1. The van der Waals surface area contributed by atoms with Gasteiger partial charge in [0.1, 0.15) is 12.6 Å². The first-order valence-corrected chi connectivity index (χ1v) is 15.5. The molecule has 1 atom stereocenters. The normalized spacial score (nSPS) is 12.5. The number of aryl methyl sites for hydroxylation is 1. The van der Waals surface area contributed by atoms with E-state index >= 15 is 0 Å². The summed E-state index contributed by atoms with van der Waals surface area (Å²) in [6.45, 7) is 8.15. The number of carbonyl (C=O) groups is 2. The molecule has 41 heavy (non-hydrogen) atoms. The van der Waals surface area contributed by atoms with Crippen LogP contribution in [0.2, 0.25) is 20.1 Å². The molecule has 0 radical (unpaired) electrons. The van der Waals surface area contributed by atoms with E-state index in [-0.39, 0.29) is 27.2 Å². The molecule has 0 spiro atoms. The Balaban J connectivity index is 2.09. The second-order valence-corrected chi connectivity index (χ2v) is 14.1. The molecule has 0 aliphatic rings. The van der Waals surface area contributed by atoms with Gasteiger partial charge in [-0.3, -0.25) is 13.9 Å². The lowest BCUT2D eigenvalue weighted by molar-refractivity contribution is -0.140. The number of carbonyl (C=O) groups excluding carboxylic acids is 2. The Kier molecular flexibility index (Phi) is 10.6. The number of amides is 2. The van der Waals surface area contributed by atoms with E-state index in [0.29, 0.717) is 15.6 Å². The zero-order chi connectivity index (χ0) is 30.7. The molecule has 0 saturated carbocycles. The summed E-state index contributed by atoms with van der Waals surface area (Å²) in [6, 6.07) is 14.4. The Hall–Kier alpha value is -2.49. The number of hydrogen-bond acceptors (Lipinski definition) is 4. The van der Waals surface area contributed by atoms with Gasteiger partial charge in [0, 0.05) is 22.1 Å². The van der Waals surface area contributed by atoms with Crippen molar-refractivity contribution in [1.29, 1.82) is 0 Å². The summed E-state index contributed by atoms with van der Waals surface area (Å²) in [5.74, 6) is -1.06. The number of nitrogens with zero attached hydrogens (tertiary/aromatic N) is 2. The van der Waals surface area contributed by atoms with Gasteiger partial charge in [-0.2, -0.15) is 0 Å². The molecule has 0 aliphatic carbocycles. The fourth-order valence-corrected chi connectivity index (χ4v) is 6.06. The number of nitrogens with one attached hydrogen (secondary N) is 1. The Morgan fingerprint density at radius 3 is 2.07 bits per heavy atom. The van der Waals surface area contributed by atoms with E-state index in [1.54, 1.807) is 31.2 Å². The summed E-state index contributed by atoms with van der Waals surface area (Å²) in [5.41, 5.74) is 0.955. The number of hydrogen-bond donors (Lipinski definition) is 1. The van der Waals surface area contributed by atoms with E-state index in [1.807, 2.05) is 27.7 Å². The highest BCUT2D eigenvalue weighted by atomic mass is 35.5. The first-order chi connectivity index (χ1) is 19.0. The minimum absolute atomic E-state index is 0.0206. The maximum atomic E-state index is 14.0. The molecule has 1 N–H and O–H groups in total. The molecule has 220 valence electrons. The van der Waals surface area contributed by atoms with Crippen LogP contribution in [-0.2, 0) is 26.2 Å². The van der Waals surface area contributed by atoms with Gasteiger partial charge in [0.25, 0.3) is 10.0 Å². The molecule has 2 amide bonds. The summed E-state index contributed by atoms with van der Waals surface area (Å²) in [5, 5.41) is 3.92. The Morgan fingerprint density at radius 2 is 1.51 bits per heavy atom. The zero-order valence-electron chi connectivity index (χ0n) is 23.2. The molecule has 3 aromatic rings. The minimum Gasteiger partial charge on any atom is -0.350 e. The maximum absolute atomic E-state index is 14.0. The Morgan fingerprint density at radius 1 is 0.878 bits per heavy atom. The van der Waals surface area contributed by atoms with Gasteiger partial charge >= 0.3 is 0 Å². The van der Waals surface area contributed by atoms with Crippen LogP contribution in [0.15, 0.2) is 65.6 Å². The lowest BCUT2D eigenvalue weighted by atomic mass is 10.1. The highest BCUT2D eigenvalue weighted by molar-refractivity contribution is 7.92. The largest absolute Gasteiger partial charge is 0.350 e. The van der Waals surface area contributed by atoms with Crippen LogP contribution in [0.4, 0.5) is 5.69 Å². The molecule has 0 saturated heterocycles. The van der Waals surface area contributed by atoms with E-state index in [9.17, 15) is 18.0 Å².